The summed E-state index contributed by atoms with van der Waals surface area (Å²) in [5, 5.41) is 28.7. The summed E-state index contributed by atoms with van der Waals surface area (Å²) in [6, 6.07) is 1.27. The predicted octanol–water partition coefficient (Wildman–Crippen LogP) is 2.17. The number of nitrogens with zero attached hydrogens (tertiary/aromatic N) is 1. The van der Waals surface area contributed by atoms with E-state index in [9.17, 15) is 19.8 Å². The Hall–Kier alpha value is -2.34. The van der Waals surface area contributed by atoms with Crippen molar-refractivity contribution in [3.05, 3.63) is 39.3 Å². The van der Waals surface area contributed by atoms with Crippen molar-refractivity contribution in [3.8, 4) is 16.9 Å². The number of carboxylic acids is 1. The summed E-state index contributed by atoms with van der Waals surface area (Å²) in [6.45, 7) is 6.19. The van der Waals surface area contributed by atoms with Crippen LogP contribution in [0.15, 0.2) is 17.1 Å². The van der Waals surface area contributed by atoms with Crippen LogP contribution in [-0.2, 0) is 6.54 Å². The minimum Gasteiger partial charge on any atom is -0.506 e. The summed E-state index contributed by atoms with van der Waals surface area (Å²) >= 11 is 0. The van der Waals surface area contributed by atoms with E-state index in [0.29, 0.717) is 17.7 Å². The molecule has 0 aromatic carbocycles. The maximum absolute atomic E-state index is 12.0. The van der Waals surface area contributed by atoms with Gasteiger partial charge >= 0.3 is 5.97 Å². The van der Waals surface area contributed by atoms with Gasteiger partial charge in [-0.25, -0.2) is 4.79 Å². The molecule has 1 atom stereocenters. The third-order valence-electron chi connectivity index (χ3n) is 4.32. The van der Waals surface area contributed by atoms with Crippen LogP contribution in [0.25, 0.3) is 11.1 Å². The standard InChI is InChI=1S/C17H21NO5/c1-4-9(2)15-10(3)11-7-13(20)14(17(22)23)16(21)12(11)8-18(15)5-6-19/h7-9,19,21H,4-6H2,1-3H3,(H,22,23)/t9-/m1/s1. The summed E-state index contributed by atoms with van der Waals surface area (Å²) in [6.07, 6.45) is 2.49. The van der Waals surface area contributed by atoms with Crippen LogP contribution in [0.2, 0.25) is 0 Å². The number of aliphatic hydroxyl groups is 1. The number of aromatic carboxylic acids is 1. The molecule has 6 heteroatoms. The van der Waals surface area contributed by atoms with Crippen LogP contribution in [0.1, 0.15) is 47.8 Å². The summed E-state index contributed by atoms with van der Waals surface area (Å²) < 4.78 is 1.82. The fraction of sp³-hybridized carbons (Fsp3) is 0.412. The lowest BCUT2D eigenvalue weighted by atomic mass is 9.90. The van der Waals surface area contributed by atoms with Crippen molar-refractivity contribution >= 4 is 5.97 Å². The Kier molecular flexibility index (Phi) is 4.75. The number of aliphatic hydroxyl groups excluding tert-OH is 1. The van der Waals surface area contributed by atoms with E-state index >= 15 is 0 Å². The van der Waals surface area contributed by atoms with Gasteiger partial charge in [0.25, 0.3) is 0 Å². The van der Waals surface area contributed by atoms with E-state index in [0.717, 1.165) is 17.7 Å². The van der Waals surface area contributed by atoms with Gasteiger partial charge in [-0.05, 0) is 36.5 Å². The third-order valence-corrected chi connectivity index (χ3v) is 4.32. The number of fused-ring (bicyclic) bond motifs is 1. The normalized spacial score (nSPS) is 12.5. The molecule has 0 saturated heterocycles. The molecule has 1 heterocycles. The second-order valence-electron chi connectivity index (χ2n) is 5.73. The van der Waals surface area contributed by atoms with Crippen LogP contribution in [-0.4, -0.2) is 32.5 Å². The van der Waals surface area contributed by atoms with Crippen molar-refractivity contribution in [2.45, 2.75) is 39.7 Å². The molecule has 1 aliphatic carbocycles. The number of aromatic hydroxyl groups is 1. The molecule has 2 rings (SSSR count). The number of rotatable bonds is 5. The summed E-state index contributed by atoms with van der Waals surface area (Å²) in [7, 11) is 0. The summed E-state index contributed by atoms with van der Waals surface area (Å²) in [5.41, 5.74) is 1.30. The first kappa shape index (κ1) is 17.0. The van der Waals surface area contributed by atoms with E-state index < -0.39 is 22.7 Å². The SMILES string of the molecule is CC[C@@H](C)c1c(C)c2cc(=O)c(C(=O)O)c(O)c-2cn1CCO. The van der Waals surface area contributed by atoms with Crippen molar-refractivity contribution in [2.24, 2.45) is 0 Å². The molecule has 0 aromatic heterocycles. The molecule has 124 valence electrons. The van der Waals surface area contributed by atoms with Crippen LogP contribution < -0.4 is 5.43 Å². The van der Waals surface area contributed by atoms with Gasteiger partial charge in [0.05, 0.1) is 6.61 Å². The van der Waals surface area contributed by atoms with Crippen molar-refractivity contribution in [3.63, 3.8) is 0 Å². The molecule has 2 aliphatic rings. The largest absolute Gasteiger partial charge is 0.506 e. The highest BCUT2D eigenvalue weighted by Gasteiger charge is 2.25. The lowest BCUT2D eigenvalue weighted by molar-refractivity contribution is 0.0692. The first-order chi connectivity index (χ1) is 10.8. The summed E-state index contributed by atoms with van der Waals surface area (Å²) in [5.74, 6) is -1.78. The summed E-state index contributed by atoms with van der Waals surface area (Å²) in [4.78, 5) is 23.2. The van der Waals surface area contributed by atoms with Crippen LogP contribution in [0.4, 0.5) is 0 Å². The van der Waals surface area contributed by atoms with Gasteiger partial charge in [0, 0.05) is 24.0 Å². The minimum absolute atomic E-state index is 0.0781. The molecule has 0 unspecified atom stereocenters. The van der Waals surface area contributed by atoms with Crippen LogP contribution in [0, 0.1) is 6.92 Å². The number of hydrogen-bond donors (Lipinski definition) is 3. The van der Waals surface area contributed by atoms with Crippen LogP contribution in [0.3, 0.4) is 0 Å². The molecule has 0 bridgehead atoms. The van der Waals surface area contributed by atoms with Crippen molar-refractivity contribution < 1.29 is 20.1 Å². The molecule has 3 N–H and O–H groups in total. The zero-order chi connectivity index (χ0) is 17.3. The van der Waals surface area contributed by atoms with Gasteiger partial charge < -0.3 is 19.9 Å². The Morgan fingerprint density at radius 2 is 2.00 bits per heavy atom. The fourth-order valence-electron chi connectivity index (χ4n) is 3.03. The van der Waals surface area contributed by atoms with E-state index in [1.807, 2.05) is 25.3 Å². The number of carboxylic acid groups (broad SMARTS) is 1. The Morgan fingerprint density at radius 3 is 2.52 bits per heavy atom. The maximum Gasteiger partial charge on any atom is 0.343 e. The highest BCUT2D eigenvalue weighted by Crippen LogP contribution is 2.38. The molecule has 1 aliphatic heterocycles. The first-order valence-corrected chi connectivity index (χ1v) is 7.57. The molecule has 6 nitrogen and oxygen atoms in total. The molecular formula is C17H21NO5. The second kappa shape index (κ2) is 6.42. The monoisotopic (exact) mass is 319 g/mol. The van der Waals surface area contributed by atoms with Crippen molar-refractivity contribution in [2.75, 3.05) is 6.61 Å². The highest BCUT2D eigenvalue weighted by molar-refractivity contribution is 5.95. The van der Waals surface area contributed by atoms with E-state index in [1.165, 1.54) is 6.07 Å². The van der Waals surface area contributed by atoms with E-state index in [4.69, 9.17) is 5.11 Å². The molecule has 0 radical (unpaired) electrons. The Morgan fingerprint density at radius 1 is 1.35 bits per heavy atom. The fourth-order valence-corrected chi connectivity index (χ4v) is 3.03. The minimum atomic E-state index is -1.45. The van der Waals surface area contributed by atoms with Gasteiger partial charge in [0.15, 0.2) is 5.43 Å². The highest BCUT2D eigenvalue weighted by atomic mass is 16.4. The van der Waals surface area contributed by atoms with Gasteiger partial charge in [-0.2, -0.15) is 0 Å². The second-order valence-corrected chi connectivity index (χ2v) is 5.73. The third kappa shape index (κ3) is 2.82. The molecule has 23 heavy (non-hydrogen) atoms. The molecule has 0 aromatic rings. The van der Waals surface area contributed by atoms with E-state index in [1.54, 1.807) is 6.20 Å². The zero-order valence-electron chi connectivity index (χ0n) is 13.5. The Labute approximate surface area is 134 Å². The number of aromatic nitrogens is 1. The van der Waals surface area contributed by atoms with Crippen molar-refractivity contribution in [1.29, 1.82) is 0 Å². The average molecular weight is 319 g/mol. The van der Waals surface area contributed by atoms with Gasteiger partial charge in [-0.1, -0.05) is 13.8 Å². The van der Waals surface area contributed by atoms with Gasteiger partial charge in [0.2, 0.25) is 0 Å². The zero-order valence-corrected chi connectivity index (χ0v) is 13.5. The number of hydrogen-bond acceptors (Lipinski definition) is 4. The quantitative estimate of drug-likeness (QED) is 0.784. The Balaban J connectivity index is 2.92. The van der Waals surface area contributed by atoms with Gasteiger partial charge in [-0.15, -0.1) is 0 Å². The van der Waals surface area contributed by atoms with Crippen LogP contribution >= 0.6 is 0 Å². The predicted molar refractivity (Wildman–Crippen MR) is 86.5 cm³/mol. The van der Waals surface area contributed by atoms with Gasteiger partial charge in [0.1, 0.15) is 11.3 Å². The lowest BCUT2D eigenvalue weighted by Crippen LogP contribution is -2.19. The smallest absolute Gasteiger partial charge is 0.343 e. The lowest BCUT2D eigenvalue weighted by Gasteiger charge is -2.25. The number of carbonyl (C=O) groups is 1. The molecular weight excluding hydrogens is 298 g/mol. The van der Waals surface area contributed by atoms with Crippen LogP contribution in [0.5, 0.6) is 5.75 Å². The van der Waals surface area contributed by atoms with E-state index in [-0.39, 0.29) is 12.5 Å². The Bertz CT molecular complexity index is 778. The average Bonchev–Trinajstić information content (AvgIpc) is 2.48. The number of benzene rings is 1. The number of phenols is 1. The molecule has 0 amide bonds. The van der Waals surface area contributed by atoms with E-state index in [2.05, 4.69) is 0 Å². The van der Waals surface area contributed by atoms with Crippen molar-refractivity contribution in [1.82, 2.24) is 4.57 Å². The maximum atomic E-state index is 12.0. The first-order valence-electron chi connectivity index (χ1n) is 7.57. The molecule has 0 saturated carbocycles. The van der Waals surface area contributed by atoms with Gasteiger partial charge in [-0.3, -0.25) is 4.79 Å². The molecule has 0 spiro atoms. The topological polar surface area (TPSA) is 99.8 Å². The number of pyridine rings is 1. The molecule has 0 fully saturated rings.